The van der Waals surface area contributed by atoms with Gasteiger partial charge >= 0.3 is 0 Å². The average molecular weight is 240 g/mol. The second-order valence-corrected chi connectivity index (χ2v) is 5.83. The zero-order valence-corrected chi connectivity index (χ0v) is 10.2. The summed E-state index contributed by atoms with van der Waals surface area (Å²) >= 11 is 0. The van der Waals surface area contributed by atoms with Gasteiger partial charge in [0.25, 0.3) is 0 Å². The molecule has 1 rings (SSSR count). The highest BCUT2D eigenvalue weighted by Crippen LogP contribution is 2.14. The molecule has 4 heteroatoms. The Balaban J connectivity index is 2.85. The Hall–Kier alpha value is -1.16. The summed E-state index contributed by atoms with van der Waals surface area (Å²) in [5.41, 5.74) is 0.400. The molecule has 0 atom stereocenters. The molecule has 16 heavy (non-hydrogen) atoms. The molecule has 1 aromatic rings. The van der Waals surface area contributed by atoms with Gasteiger partial charge in [0.05, 0.1) is 10.6 Å². The van der Waals surface area contributed by atoms with Gasteiger partial charge in [0, 0.05) is 5.56 Å². The van der Waals surface area contributed by atoms with E-state index in [2.05, 4.69) is 0 Å². The van der Waals surface area contributed by atoms with Gasteiger partial charge < -0.3 is 0 Å². The fourth-order valence-corrected chi connectivity index (χ4v) is 2.86. The molecule has 0 aliphatic rings. The standard InChI is InChI=1S/C12H16O3S/c1-2-3-4-8-16(14,15)12-7-5-6-11(9-12)10-13/h5-7,9-10H,2-4,8H2,1H3. The molecule has 0 N–H and O–H groups in total. The first-order valence-electron chi connectivity index (χ1n) is 5.38. The van der Waals surface area contributed by atoms with Crippen molar-refractivity contribution in [2.24, 2.45) is 0 Å². The topological polar surface area (TPSA) is 51.2 Å². The van der Waals surface area contributed by atoms with E-state index in [1.165, 1.54) is 12.1 Å². The van der Waals surface area contributed by atoms with Crippen molar-refractivity contribution in [1.82, 2.24) is 0 Å². The van der Waals surface area contributed by atoms with Crippen LogP contribution in [0.15, 0.2) is 29.2 Å². The van der Waals surface area contributed by atoms with E-state index in [1.807, 2.05) is 6.92 Å². The number of rotatable bonds is 6. The Labute approximate surface area is 96.4 Å². The monoisotopic (exact) mass is 240 g/mol. The van der Waals surface area contributed by atoms with Gasteiger partial charge in [0.1, 0.15) is 6.29 Å². The van der Waals surface area contributed by atoms with Crippen LogP contribution in [0.2, 0.25) is 0 Å². The van der Waals surface area contributed by atoms with E-state index < -0.39 is 9.84 Å². The number of unbranched alkanes of at least 4 members (excludes halogenated alkanes) is 2. The maximum Gasteiger partial charge on any atom is 0.178 e. The third kappa shape index (κ3) is 3.45. The van der Waals surface area contributed by atoms with Gasteiger partial charge in [-0.15, -0.1) is 0 Å². The van der Waals surface area contributed by atoms with Crippen LogP contribution < -0.4 is 0 Å². The number of carbonyl (C=O) groups excluding carboxylic acids is 1. The van der Waals surface area contributed by atoms with Crippen LogP contribution in [0.1, 0.15) is 36.5 Å². The van der Waals surface area contributed by atoms with E-state index in [4.69, 9.17) is 0 Å². The third-order valence-electron chi connectivity index (χ3n) is 2.37. The maximum absolute atomic E-state index is 11.9. The van der Waals surface area contributed by atoms with Crippen molar-refractivity contribution in [1.29, 1.82) is 0 Å². The molecule has 0 fully saturated rings. The van der Waals surface area contributed by atoms with Crippen molar-refractivity contribution in [3.63, 3.8) is 0 Å². The van der Waals surface area contributed by atoms with E-state index >= 15 is 0 Å². The summed E-state index contributed by atoms with van der Waals surface area (Å²) in [6.45, 7) is 2.03. The highest BCUT2D eigenvalue weighted by atomic mass is 32.2. The summed E-state index contributed by atoms with van der Waals surface area (Å²) in [4.78, 5) is 10.8. The Morgan fingerprint density at radius 1 is 1.25 bits per heavy atom. The van der Waals surface area contributed by atoms with Crippen LogP contribution in [0.25, 0.3) is 0 Å². The molecule has 0 aromatic heterocycles. The minimum Gasteiger partial charge on any atom is -0.298 e. The van der Waals surface area contributed by atoms with Crippen molar-refractivity contribution < 1.29 is 13.2 Å². The molecule has 88 valence electrons. The molecule has 0 saturated carbocycles. The third-order valence-corrected chi connectivity index (χ3v) is 4.17. The number of sulfone groups is 1. The first-order chi connectivity index (χ1) is 7.60. The van der Waals surface area contributed by atoms with Crippen LogP contribution in [0.5, 0.6) is 0 Å². The molecule has 1 aromatic carbocycles. The molecule has 3 nitrogen and oxygen atoms in total. The van der Waals surface area contributed by atoms with Crippen molar-refractivity contribution in [3.8, 4) is 0 Å². The molecule has 0 spiro atoms. The number of hydrogen-bond donors (Lipinski definition) is 0. The number of hydrogen-bond acceptors (Lipinski definition) is 3. The Kier molecular flexibility index (Phi) is 4.68. The minimum absolute atomic E-state index is 0.156. The molecule has 0 saturated heterocycles. The first-order valence-corrected chi connectivity index (χ1v) is 7.03. The normalized spacial score (nSPS) is 11.3. The van der Waals surface area contributed by atoms with Gasteiger partial charge in [0.15, 0.2) is 9.84 Å². The van der Waals surface area contributed by atoms with E-state index in [0.717, 1.165) is 12.8 Å². The number of aldehydes is 1. The van der Waals surface area contributed by atoms with E-state index in [-0.39, 0.29) is 10.6 Å². The van der Waals surface area contributed by atoms with Gasteiger partial charge in [-0.2, -0.15) is 0 Å². The highest BCUT2D eigenvalue weighted by molar-refractivity contribution is 7.91. The zero-order chi connectivity index (χ0) is 12.0. The van der Waals surface area contributed by atoms with E-state index in [9.17, 15) is 13.2 Å². The average Bonchev–Trinajstić information content (AvgIpc) is 2.29. The zero-order valence-electron chi connectivity index (χ0n) is 9.35. The van der Waals surface area contributed by atoms with Crippen LogP contribution in [0.4, 0.5) is 0 Å². The molecule has 0 amide bonds. The summed E-state index contributed by atoms with van der Waals surface area (Å²) in [7, 11) is -3.22. The van der Waals surface area contributed by atoms with Gasteiger partial charge in [-0.1, -0.05) is 31.9 Å². The Morgan fingerprint density at radius 2 is 2.00 bits per heavy atom. The van der Waals surface area contributed by atoms with Crippen LogP contribution in [0, 0.1) is 0 Å². The molecule has 0 radical (unpaired) electrons. The number of benzene rings is 1. The highest BCUT2D eigenvalue weighted by Gasteiger charge is 2.13. The van der Waals surface area contributed by atoms with Crippen molar-refractivity contribution in [2.75, 3.05) is 5.75 Å². The van der Waals surface area contributed by atoms with Crippen LogP contribution in [-0.4, -0.2) is 20.5 Å². The smallest absolute Gasteiger partial charge is 0.178 e. The summed E-state index contributed by atoms with van der Waals surface area (Å²) in [5.74, 6) is 0.156. The van der Waals surface area contributed by atoms with Crippen LogP contribution >= 0.6 is 0 Å². The fraction of sp³-hybridized carbons (Fsp3) is 0.417. The quantitative estimate of drug-likeness (QED) is 0.567. The van der Waals surface area contributed by atoms with E-state index in [0.29, 0.717) is 18.3 Å². The fourth-order valence-electron chi connectivity index (χ4n) is 1.44. The molecule has 0 bridgehead atoms. The maximum atomic E-state index is 11.9. The Bertz CT molecular complexity index is 449. The SMILES string of the molecule is CCCCCS(=O)(=O)c1cccc(C=O)c1. The second-order valence-electron chi connectivity index (χ2n) is 3.72. The lowest BCUT2D eigenvalue weighted by molar-refractivity contribution is 0.112. The van der Waals surface area contributed by atoms with Crippen LogP contribution in [0.3, 0.4) is 0 Å². The lowest BCUT2D eigenvalue weighted by Gasteiger charge is -2.04. The predicted molar refractivity (Wildman–Crippen MR) is 63.4 cm³/mol. The van der Waals surface area contributed by atoms with Crippen molar-refractivity contribution in [2.45, 2.75) is 31.1 Å². The van der Waals surface area contributed by atoms with Gasteiger partial charge in [0.2, 0.25) is 0 Å². The summed E-state index contributed by atoms with van der Waals surface area (Å²) < 4.78 is 23.7. The van der Waals surface area contributed by atoms with Gasteiger partial charge in [-0.05, 0) is 18.6 Å². The Morgan fingerprint density at radius 3 is 2.62 bits per heavy atom. The molecule has 0 unspecified atom stereocenters. The largest absolute Gasteiger partial charge is 0.298 e. The minimum atomic E-state index is -3.22. The summed E-state index contributed by atoms with van der Waals surface area (Å²) in [6.07, 6.45) is 3.23. The molecular formula is C12H16O3S. The number of carbonyl (C=O) groups is 1. The van der Waals surface area contributed by atoms with Gasteiger partial charge in [-0.25, -0.2) is 8.42 Å². The predicted octanol–water partition coefficient (Wildman–Crippen LogP) is 2.46. The lowest BCUT2D eigenvalue weighted by Crippen LogP contribution is -2.07. The molecular weight excluding hydrogens is 224 g/mol. The first kappa shape index (κ1) is 12.9. The van der Waals surface area contributed by atoms with Crippen molar-refractivity contribution >= 4 is 16.1 Å². The van der Waals surface area contributed by atoms with E-state index in [1.54, 1.807) is 12.1 Å². The second kappa shape index (κ2) is 5.80. The van der Waals surface area contributed by atoms with Gasteiger partial charge in [-0.3, -0.25) is 4.79 Å². The van der Waals surface area contributed by atoms with Crippen LogP contribution in [-0.2, 0) is 9.84 Å². The molecule has 0 heterocycles. The molecule has 0 aliphatic carbocycles. The van der Waals surface area contributed by atoms with Crippen molar-refractivity contribution in [3.05, 3.63) is 29.8 Å². The summed E-state index contributed by atoms with van der Waals surface area (Å²) in [5, 5.41) is 0. The lowest BCUT2D eigenvalue weighted by atomic mass is 10.2. The molecule has 0 aliphatic heterocycles. The summed E-state index contributed by atoms with van der Waals surface area (Å²) in [6, 6.07) is 6.15.